The van der Waals surface area contributed by atoms with Crippen molar-refractivity contribution in [3.05, 3.63) is 64.8 Å². The zero-order valence-electron chi connectivity index (χ0n) is 15.6. The summed E-state index contributed by atoms with van der Waals surface area (Å²) in [5, 5.41) is 3.39. The number of anilines is 1. The number of rotatable bonds is 4. The average Bonchev–Trinajstić information content (AvgIpc) is 3.11. The van der Waals surface area contributed by atoms with Gasteiger partial charge in [-0.25, -0.2) is 9.97 Å². The molecule has 28 heavy (non-hydrogen) atoms. The smallest absolute Gasteiger partial charge is 0.273 e. The molecule has 3 N–H and O–H groups in total. The number of nitrogens with zero attached hydrogens (tertiary/aromatic N) is 3. The second kappa shape index (κ2) is 7.26. The maximum atomic E-state index is 13.2. The van der Waals surface area contributed by atoms with Gasteiger partial charge in [0.05, 0.1) is 11.9 Å². The normalized spacial score (nSPS) is 12.8. The Morgan fingerprint density at radius 1 is 1.11 bits per heavy atom. The third kappa shape index (κ3) is 3.38. The second-order valence-electron chi connectivity index (χ2n) is 6.84. The summed E-state index contributed by atoms with van der Waals surface area (Å²) >= 11 is 0. The minimum absolute atomic E-state index is 0.0593. The lowest BCUT2D eigenvalue weighted by Gasteiger charge is -2.16. The lowest BCUT2D eigenvalue weighted by Crippen LogP contribution is -2.27. The Morgan fingerprint density at radius 2 is 1.82 bits per heavy atom. The molecule has 4 rings (SSSR count). The summed E-state index contributed by atoms with van der Waals surface area (Å²) in [6.07, 6.45) is 0.233. The Kier molecular flexibility index (Phi) is 4.65. The first kappa shape index (κ1) is 17.9. The number of nitrogen functional groups attached to an aromatic ring is 1. The van der Waals surface area contributed by atoms with Crippen molar-refractivity contribution in [2.45, 2.75) is 26.4 Å². The Bertz CT molecular complexity index is 1050. The van der Waals surface area contributed by atoms with E-state index in [1.54, 1.807) is 17.0 Å². The van der Waals surface area contributed by atoms with Gasteiger partial charge >= 0.3 is 0 Å². The van der Waals surface area contributed by atoms with Gasteiger partial charge in [-0.05, 0) is 35.7 Å². The molecule has 0 saturated carbocycles. The zero-order valence-corrected chi connectivity index (χ0v) is 15.6. The minimum Gasteiger partial charge on any atom is -0.368 e. The summed E-state index contributed by atoms with van der Waals surface area (Å²) in [4.78, 5) is 35.4. The lowest BCUT2D eigenvalue weighted by molar-refractivity contribution is -0.120. The molecule has 2 aromatic carbocycles. The van der Waals surface area contributed by atoms with Crippen molar-refractivity contribution in [2.24, 2.45) is 0 Å². The molecule has 2 heterocycles. The number of nitrogens with one attached hydrogen (secondary N) is 1. The van der Waals surface area contributed by atoms with Crippen LogP contribution in [0.4, 0.5) is 5.95 Å². The fourth-order valence-electron chi connectivity index (χ4n) is 3.54. The SMILES string of the molecule is CCNC(=O)Cc1ccc2nc(N)nc(C(=O)N3Cc4ccccc4C3)c2c1. The number of likely N-dealkylation sites (N-methyl/N-ethyl adjacent to an activating group) is 1. The van der Waals surface area contributed by atoms with Crippen molar-refractivity contribution >= 4 is 28.7 Å². The predicted octanol–water partition coefficient (Wildman–Crippen LogP) is 2.05. The van der Waals surface area contributed by atoms with Gasteiger partial charge in [0, 0.05) is 25.0 Å². The lowest BCUT2D eigenvalue weighted by atomic mass is 10.1. The van der Waals surface area contributed by atoms with Crippen LogP contribution in [0.3, 0.4) is 0 Å². The first-order valence-electron chi connectivity index (χ1n) is 9.24. The van der Waals surface area contributed by atoms with Crippen LogP contribution in [0.1, 0.15) is 34.1 Å². The molecule has 7 nitrogen and oxygen atoms in total. The highest BCUT2D eigenvalue weighted by Crippen LogP contribution is 2.26. The van der Waals surface area contributed by atoms with E-state index in [1.165, 1.54) is 0 Å². The number of hydrogen-bond donors (Lipinski definition) is 2. The van der Waals surface area contributed by atoms with E-state index in [0.717, 1.165) is 16.7 Å². The predicted molar refractivity (Wildman–Crippen MR) is 106 cm³/mol. The Balaban J connectivity index is 1.69. The maximum Gasteiger partial charge on any atom is 0.273 e. The van der Waals surface area contributed by atoms with Gasteiger partial charge in [0.1, 0.15) is 5.69 Å². The molecular formula is C21H21N5O2. The molecule has 0 bridgehead atoms. The Labute approximate surface area is 162 Å². The third-order valence-corrected chi connectivity index (χ3v) is 4.85. The van der Waals surface area contributed by atoms with Gasteiger partial charge in [-0.3, -0.25) is 9.59 Å². The standard InChI is InChI=1S/C21H21N5O2/c1-2-23-18(27)10-13-7-8-17-16(9-13)19(25-21(22)24-17)20(28)26-11-14-5-3-4-6-15(14)12-26/h3-9H,2,10-12H2,1H3,(H,23,27)(H2,22,24,25). The molecule has 0 aliphatic carbocycles. The van der Waals surface area contributed by atoms with Gasteiger partial charge in [-0.1, -0.05) is 30.3 Å². The van der Waals surface area contributed by atoms with Crippen LogP contribution in [-0.4, -0.2) is 33.2 Å². The summed E-state index contributed by atoms with van der Waals surface area (Å²) in [6, 6.07) is 13.4. The molecule has 0 spiro atoms. The Morgan fingerprint density at radius 3 is 2.50 bits per heavy atom. The number of hydrogen-bond acceptors (Lipinski definition) is 5. The molecule has 0 atom stereocenters. The third-order valence-electron chi connectivity index (χ3n) is 4.85. The van der Waals surface area contributed by atoms with E-state index in [9.17, 15) is 9.59 Å². The molecule has 7 heteroatoms. The number of fused-ring (bicyclic) bond motifs is 2. The zero-order chi connectivity index (χ0) is 19.7. The summed E-state index contributed by atoms with van der Waals surface area (Å²) in [5.74, 6) is -0.199. The quantitative estimate of drug-likeness (QED) is 0.727. The number of nitrogens with two attached hydrogens (primary N) is 1. The molecular weight excluding hydrogens is 354 g/mol. The van der Waals surface area contributed by atoms with Crippen molar-refractivity contribution < 1.29 is 9.59 Å². The molecule has 0 radical (unpaired) electrons. The first-order valence-corrected chi connectivity index (χ1v) is 9.24. The van der Waals surface area contributed by atoms with E-state index in [1.807, 2.05) is 37.3 Å². The van der Waals surface area contributed by atoms with Gasteiger partial charge < -0.3 is 16.0 Å². The topological polar surface area (TPSA) is 101 Å². The maximum absolute atomic E-state index is 13.2. The van der Waals surface area contributed by atoms with E-state index in [0.29, 0.717) is 30.5 Å². The first-order chi connectivity index (χ1) is 13.5. The second-order valence-corrected chi connectivity index (χ2v) is 6.84. The monoisotopic (exact) mass is 375 g/mol. The highest BCUT2D eigenvalue weighted by atomic mass is 16.2. The largest absolute Gasteiger partial charge is 0.368 e. The molecule has 0 unspecified atom stereocenters. The summed E-state index contributed by atoms with van der Waals surface area (Å²) in [7, 11) is 0. The van der Waals surface area contributed by atoms with Gasteiger partial charge in [0.2, 0.25) is 11.9 Å². The van der Waals surface area contributed by atoms with Crippen LogP contribution < -0.4 is 11.1 Å². The molecule has 142 valence electrons. The summed E-state index contributed by atoms with van der Waals surface area (Å²) in [6.45, 7) is 3.53. The molecule has 1 aliphatic rings. The van der Waals surface area contributed by atoms with E-state index >= 15 is 0 Å². The molecule has 1 aliphatic heterocycles. The van der Waals surface area contributed by atoms with Crippen molar-refractivity contribution in [1.29, 1.82) is 0 Å². The van der Waals surface area contributed by atoms with Crippen LogP contribution in [0, 0.1) is 0 Å². The fraction of sp³-hybridized carbons (Fsp3) is 0.238. The molecule has 1 aromatic heterocycles. The van der Waals surface area contributed by atoms with Gasteiger partial charge in [-0.2, -0.15) is 0 Å². The van der Waals surface area contributed by atoms with Gasteiger partial charge in [-0.15, -0.1) is 0 Å². The van der Waals surface area contributed by atoms with Crippen LogP contribution in [-0.2, 0) is 24.3 Å². The van der Waals surface area contributed by atoms with Crippen molar-refractivity contribution in [3.8, 4) is 0 Å². The average molecular weight is 375 g/mol. The Hall–Kier alpha value is -3.48. The molecule has 3 aromatic rings. The highest BCUT2D eigenvalue weighted by Gasteiger charge is 2.26. The van der Waals surface area contributed by atoms with Crippen molar-refractivity contribution in [3.63, 3.8) is 0 Å². The summed E-state index contributed by atoms with van der Waals surface area (Å²) < 4.78 is 0. The van der Waals surface area contributed by atoms with Crippen LogP contribution in [0.5, 0.6) is 0 Å². The highest BCUT2D eigenvalue weighted by molar-refractivity contribution is 6.05. The summed E-state index contributed by atoms with van der Waals surface area (Å²) in [5.41, 5.74) is 9.78. The minimum atomic E-state index is -0.189. The van der Waals surface area contributed by atoms with E-state index < -0.39 is 0 Å². The number of amides is 2. The van der Waals surface area contributed by atoms with E-state index in [2.05, 4.69) is 15.3 Å². The van der Waals surface area contributed by atoms with Crippen LogP contribution in [0.2, 0.25) is 0 Å². The molecule has 0 fully saturated rings. The fourth-order valence-corrected chi connectivity index (χ4v) is 3.54. The van der Waals surface area contributed by atoms with Gasteiger partial charge in [0.25, 0.3) is 5.91 Å². The van der Waals surface area contributed by atoms with Crippen molar-refractivity contribution in [2.75, 3.05) is 12.3 Å². The number of aromatic nitrogens is 2. The molecule has 2 amide bonds. The number of carbonyl (C=O) groups excluding carboxylic acids is 2. The van der Waals surface area contributed by atoms with Crippen LogP contribution in [0.15, 0.2) is 42.5 Å². The van der Waals surface area contributed by atoms with Gasteiger partial charge in [0.15, 0.2) is 0 Å². The van der Waals surface area contributed by atoms with Crippen LogP contribution in [0.25, 0.3) is 10.9 Å². The molecule has 0 saturated heterocycles. The van der Waals surface area contributed by atoms with E-state index in [4.69, 9.17) is 5.73 Å². The van der Waals surface area contributed by atoms with Crippen LogP contribution >= 0.6 is 0 Å². The van der Waals surface area contributed by atoms with E-state index in [-0.39, 0.29) is 29.9 Å². The number of carbonyl (C=O) groups is 2. The van der Waals surface area contributed by atoms with Crippen molar-refractivity contribution in [1.82, 2.24) is 20.2 Å². The number of benzene rings is 2.